The van der Waals surface area contributed by atoms with E-state index < -0.39 is 22.7 Å². The van der Waals surface area contributed by atoms with Gasteiger partial charge in [-0.25, -0.2) is 8.78 Å². The van der Waals surface area contributed by atoms with Crippen molar-refractivity contribution < 1.29 is 13.7 Å². The van der Waals surface area contributed by atoms with Crippen LogP contribution in [0.1, 0.15) is 17.7 Å². The van der Waals surface area contributed by atoms with Crippen LogP contribution in [0.5, 0.6) is 0 Å². The van der Waals surface area contributed by atoms with Gasteiger partial charge in [0, 0.05) is 0 Å². The second kappa shape index (κ2) is 5.11. The van der Waals surface area contributed by atoms with Crippen LogP contribution in [-0.4, -0.2) is 9.91 Å². The third kappa shape index (κ3) is 2.60. The lowest BCUT2D eigenvalue weighted by atomic mass is 10.2. The van der Waals surface area contributed by atoms with Gasteiger partial charge in [-0.3, -0.25) is 0 Å². The summed E-state index contributed by atoms with van der Waals surface area (Å²) in [6.07, 6.45) is -3.11. The van der Waals surface area contributed by atoms with Crippen LogP contribution in [0.15, 0.2) is 6.07 Å². The first-order valence-electron chi connectivity index (χ1n) is 3.96. The van der Waals surface area contributed by atoms with E-state index in [0.29, 0.717) is 3.57 Å². The van der Waals surface area contributed by atoms with E-state index in [2.05, 4.69) is 4.98 Å². The molecule has 0 unspecified atom stereocenters. The number of rotatable bonds is 3. The number of nitriles is 1. The Morgan fingerprint density at radius 3 is 2.75 bits per heavy atom. The summed E-state index contributed by atoms with van der Waals surface area (Å²) in [4.78, 5) is 13.0. The molecule has 0 radical (unpaired) electrons. The molecule has 5 nitrogen and oxygen atoms in total. The Morgan fingerprint density at radius 1 is 1.69 bits per heavy atom. The molecule has 8 heteroatoms. The van der Waals surface area contributed by atoms with Crippen LogP contribution in [-0.2, 0) is 6.42 Å². The van der Waals surface area contributed by atoms with Gasteiger partial charge < -0.3 is 10.1 Å². The predicted molar refractivity (Wildman–Crippen MR) is 57.9 cm³/mol. The Labute approximate surface area is 102 Å². The van der Waals surface area contributed by atoms with Gasteiger partial charge in [0.2, 0.25) is 0 Å². The number of hydrogen-bond donors (Lipinski definition) is 0. The lowest BCUT2D eigenvalue weighted by molar-refractivity contribution is -0.391. The first-order valence-corrected chi connectivity index (χ1v) is 5.04. The van der Waals surface area contributed by atoms with E-state index in [9.17, 15) is 18.9 Å². The van der Waals surface area contributed by atoms with Crippen LogP contribution < -0.4 is 0 Å². The molecule has 0 aliphatic carbocycles. The third-order valence-corrected chi connectivity index (χ3v) is 2.65. The molecule has 0 saturated carbocycles. The van der Waals surface area contributed by atoms with E-state index in [-0.39, 0.29) is 12.1 Å². The zero-order chi connectivity index (χ0) is 12.3. The van der Waals surface area contributed by atoms with E-state index in [1.54, 1.807) is 28.7 Å². The van der Waals surface area contributed by atoms with Crippen molar-refractivity contribution in [2.24, 2.45) is 0 Å². The van der Waals surface area contributed by atoms with E-state index in [1.807, 2.05) is 0 Å². The van der Waals surface area contributed by atoms with Crippen molar-refractivity contribution >= 4 is 28.4 Å². The highest BCUT2D eigenvalue weighted by molar-refractivity contribution is 14.1. The highest BCUT2D eigenvalue weighted by atomic mass is 127. The molecule has 0 amide bonds. The molecule has 0 spiro atoms. The predicted octanol–water partition coefficient (Wildman–Crippen LogP) is 2.60. The minimum absolute atomic E-state index is 0.138. The highest BCUT2D eigenvalue weighted by Crippen LogP contribution is 2.29. The van der Waals surface area contributed by atoms with Crippen LogP contribution in [0.3, 0.4) is 0 Å². The lowest BCUT2D eigenvalue weighted by Gasteiger charge is -2.03. The minimum Gasteiger partial charge on any atom is -0.358 e. The van der Waals surface area contributed by atoms with Gasteiger partial charge in [-0.05, 0) is 38.6 Å². The van der Waals surface area contributed by atoms with E-state index >= 15 is 0 Å². The fourth-order valence-corrected chi connectivity index (χ4v) is 1.68. The maximum atomic E-state index is 12.5. The zero-order valence-corrected chi connectivity index (χ0v) is 9.81. The highest BCUT2D eigenvalue weighted by Gasteiger charge is 2.26. The summed E-state index contributed by atoms with van der Waals surface area (Å²) < 4.78 is 25.3. The summed E-state index contributed by atoms with van der Waals surface area (Å²) in [5.41, 5.74) is -0.588. The number of nitro groups is 1. The molecule has 0 saturated heterocycles. The molecule has 0 atom stereocenters. The Hall–Kier alpha value is -1.37. The van der Waals surface area contributed by atoms with E-state index in [4.69, 9.17) is 5.26 Å². The molecule has 84 valence electrons. The van der Waals surface area contributed by atoms with Crippen LogP contribution in [0, 0.1) is 25.0 Å². The molecule has 1 rings (SSSR count). The Balaban J connectivity index is 3.38. The van der Waals surface area contributed by atoms with Crippen LogP contribution in [0.2, 0.25) is 0 Å². The summed E-state index contributed by atoms with van der Waals surface area (Å²) in [6, 6.07) is 2.75. The van der Waals surface area contributed by atoms with Crippen molar-refractivity contribution in [3.05, 3.63) is 31.0 Å². The SMILES string of the molecule is N#CCc1nc([N+](=O)[O-])c(C(F)F)cc1I. The number of nitrogens with zero attached hydrogens (tertiary/aromatic N) is 3. The molecule has 0 bridgehead atoms. The first-order chi connectivity index (χ1) is 7.47. The number of pyridine rings is 1. The zero-order valence-electron chi connectivity index (χ0n) is 7.65. The normalized spacial score (nSPS) is 10.2. The summed E-state index contributed by atoms with van der Waals surface area (Å²) >= 11 is 1.71. The van der Waals surface area contributed by atoms with Crippen molar-refractivity contribution in [3.8, 4) is 6.07 Å². The van der Waals surface area contributed by atoms with Gasteiger partial charge in [-0.2, -0.15) is 5.26 Å². The fraction of sp³-hybridized carbons (Fsp3) is 0.250. The van der Waals surface area contributed by atoms with Gasteiger partial charge in [0.1, 0.15) is 12.0 Å². The quantitative estimate of drug-likeness (QED) is 0.482. The standard InChI is InChI=1S/C8H4F2IN3O2/c9-7(10)4-3-5(11)6(1-2-12)13-8(4)14(15)16/h3,7H,1H2. The molecule has 0 aromatic carbocycles. The molecular formula is C8H4F2IN3O2. The number of alkyl halides is 2. The minimum atomic E-state index is -2.96. The molecule has 1 heterocycles. The third-order valence-electron chi connectivity index (χ3n) is 1.71. The van der Waals surface area contributed by atoms with Gasteiger partial charge in [-0.1, -0.05) is 0 Å². The van der Waals surface area contributed by atoms with Crippen LogP contribution in [0.25, 0.3) is 0 Å². The van der Waals surface area contributed by atoms with Crippen molar-refractivity contribution in [1.29, 1.82) is 5.26 Å². The van der Waals surface area contributed by atoms with Gasteiger partial charge in [-0.15, -0.1) is 0 Å². The Morgan fingerprint density at radius 2 is 2.31 bits per heavy atom. The molecule has 0 aliphatic rings. The second-order valence-corrected chi connectivity index (χ2v) is 3.88. The average molecular weight is 339 g/mol. The van der Waals surface area contributed by atoms with E-state index in [0.717, 1.165) is 6.07 Å². The average Bonchev–Trinajstić information content (AvgIpc) is 2.20. The van der Waals surface area contributed by atoms with Gasteiger partial charge in [0.25, 0.3) is 6.43 Å². The molecule has 1 aromatic rings. The van der Waals surface area contributed by atoms with Crippen LogP contribution >= 0.6 is 22.6 Å². The molecule has 0 fully saturated rings. The largest absolute Gasteiger partial charge is 0.372 e. The number of aromatic nitrogens is 1. The maximum absolute atomic E-state index is 12.5. The topological polar surface area (TPSA) is 79.8 Å². The van der Waals surface area contributed by atoms with Crippen molar-refractivity contribution in [2.45, 2.75) is 12.8 Å². The van der Waals surface area contributed by atoms with Crippen LogP contribution in [0.4, 0.5) is 14.6 Å². The van der Waals surface area contributed by atoms with Gasteiger partial charge >= 0.3 is 5.82 Å². The number of hydrogen-bond acceptors (Lipinski definition) is 4. The first kappa shape index (κ1) is 12.7. The van der Waals surface area contributed by atoms with Crippen molar-refractivity contribution in [2.75, 3.05) is 0 Å². The summed E-state index contributed by atoms with van der Waals surface area (Å²) in [5.74, 6) is -0.888. The van der Waals surface area contributed by atoms with Gasteiger partial charge in [0.15, 0.2) is 5.69 Å². The van der Waals surface area contributed by atoms with Crippen molar-refractivity contribution in [1.82, 2.24) is 4.98 Å². The summed E-state index contributed by atoms with van der Waals surface area (Å²) in [6.45, 7) is 0. The molecule has 1 aromatic heterocycles. The molecular weight excluding hydrogens is 335 g/mol. The monoisotopic (exact) mass is 339 g/mol. The second-order valence-electron chi connectivity index (χ2n) is 2.72. The Kier molecular flexibility index (Phi) is 4.05. The molecule has 0 N–H and O–H groups in total. The maximum Gasteiger partial charge on any atom is 0.372 e. The molecule has 0 aliphatic heterocycles. The Bertz CT molecular complexity index is 473. The summed E-state index contributed by atoms with van der Waals surface area (Å²) in [5, 5.41) is 19.0. The lowest BCUT2D eigenvalue weighted by Crippen LogP contribution is -2.04. The number of halogens is 3. The smallest absolute Gasteiger partial charge is 0.358 e. The van der Waals surface area contributed by atoms with Gasteiger partial charge in [0.05, 0.1) is 9.64 Å². The van der Waals surface area contributed by atoms with E-state index in [1.165, 1.54) is 0 Å². The van der Waals surface area contributed by atoms with Crippen molar-refractivity contribution in [3.63, 3.8) is 0 Å². The summed E-state index contributed by atoms with van der Waals surface area (Å²) in [7, 11) is 0. The fourth-order valence-electron chi connectivity index (χ4n) is 1.04. The molecule has 16 heavy (non-hydrogen) atoms.